The van der Waals surface area contributed by atoms with Crippen molar-refractivity contribution in [3.63, 3.8) is 0 Å². The SMILES string of the molecule is COc1ccc(-c2c(COCC3=CCC(c4ccccc4)=N3)n(Cc3csc(-c4ccccc4)n3)c3ccc(C)cc23)cn1. The molecule has 7 rings (SSSR count). The van der Waals surface area contributed by atoms with Crippen LogP contribution in [0, 0.1) is 6.92 Å². The summed E-state index contributed by atoms with van der Waals surface area (Å²) in [5.74, 6) is 0.586. The summed E-state index contributed by atoms with van der Waals surface area (Å²) in [6.07, 6.45) is 4.87. The number of aryl methyl sites for hydroxylation is 1. The lowest BCUT2D eigenvalue weighted by molar-refractivity contribution is 0.137. The maximum absolute atomic E-state index is 6.45. The normalized spacial score (nSPS) is 12.9. The highest BCUT2D eigenvalue weighted by Crippen LogP contribution is 2.37. The van der Waals surface area contributed by atoms with Crippen LogP contribution >= 0.6 is 11.3 Å². The number of pyridine rings is 1. The van der Waals surface area contributed by atoms with Crippen LogP contribution in [0.5, 0.6) is 5.88 Å². The maximum Gasteiger partial charge on any atom is 0.212 e. The van der Waals surface area contributed by atoms with Gasteiger partial charge < -0.3 is 14.0 Å². The Morgan fingerprint density at radius 2 is 1.66 bits per heavy atom. The van der Waals surface area contributed by atoms with Crippen LogP contribution < -0.4 is 4.74 Å². The van der Waals surface area contributed by atoms with Crippen molar-refractivity contribution in [2.24, 2.45) is 4.99 Å². The summed E-state index contributed by atoms with van der Waals surface area (Å²) < 4.78 is 14.2. The Labute approximate surface area is 261 Å². The number of aliphatic imine (C=N–C) groups is 1. The second kappa shape index (κ2) is 12.4. The molecule has 1 aliphatic rings. The molecule has 0 saturated carbocycles. The average molecular weight is 597 g/mol. The fourth-order valence-electron chi connectivity index (χ4n) is 5.71. The third-order valence-corrected chi connectivity index (χ3v) is 8.80. The molecule has 44 heavy (non-hydrogen) atoms. The lowest BCUT2D eigenvalue weighted by Crippen LogP contribution is -2.08. The van der Waals surface area contributed by atoms with Gasteiger partial charge in [-0.2, -0.15) is 0 Å². The standard InChI is InChI=1S/C37H32N4O2S/c1-25-13-17-33-31(19-25)36(28-14-18-35(42-2)38-20-28)34(23-43-22-29-15-16-32(39-29)26-9-5-3-6-10-26)41(33)21-30-24-44-37(40-30)27-11-7-4-8-12-27/h3-15,17-20,24H,16,21-23H2,1-2H3. The minimum absolute atomic E-state index is 0.415. The van der Waals surface area contributed by atoms with Crippen molar-refractivity contribution in [1.29, 1.82) is 0 Å². The number of fused-ring (bicyclic) bond motifs is 1. The minimum Gasteiger partial charge on any atom is -0.481 e. The molecule has 1 aliphatic heterocycles. The van der Waals surface area contributed by atoms with Gasteiger partial charge in [0.1, 0.15) is 5.01 Å². The topological polar surface area (TPSA) is 61.5 Å². The molecule has 0 N–H and O–H groups in total. The fraction of sp³-hybridized carbons (Fsp3) is 0.162. The van der Waals surface area contributed by atoms with E-state index in [4.69, 9.17) is 19.5 Å². The molecule has 0 radical (unpaired) electrons. The van der Waals surface area contributed by atoms with Crippen LogP contribution in [0.2, 0.25) is 0 Å². The Bertz CT molecular complexity index is 1970. The molecule has 6 aromatic rings. The van der Waals surface area contributed by atoms with E-state index in [-0.39, 0.29) is 0 Å². The lowest BCUT2D eigenvalue weighted by Gasteiger charge is -2.13. The first kappa shape index (κ1) is 28.0. The first-order valence-corrected chi connectivity index (χ1v) is 15.6. The van der Waals surface area contributed by atoms with E-state index in [0.717, 1.165) is 62.0 Å². The van der Waals surface area contributed by atoms with E-state index in [1.807, 2.05) is 36.5 Å². The Balaban J connectivity index is 1.25. The van der Waals surface area contributed by atoms with Crippen LogP contribution in [0.1, 0.15) is 28.9 Å². The van der Waals surface area contributed by atoms with Gasteiger partial charge in [-0.25, -0.2) is 9.97 Å². The molecule has 0 fully saturated rings. The van der Waals surface area contributed by atoms with Crippen molar-refractivity contribution in [2.75, 3.05) is 13.7 Å². The molecule has 0 saturated heterocycles. The van der Waals surface area contributed by atoms with Crippen LogP contribution in [-0.2, 0) is 17.9 Å². The summed E-state index contributed by atoms with van der Waals surface area (Å²) in [4.78, 5) is 14.5. The van der Waals surface area contributed by atoms with Crippen molar-refractivity contribution >= 4 is 28.0 Å². The Morgan fingerprint density at radius 1 is 0.864 bits per heavy atom. The van der Waals surface area contributed by atoms with E-state index < -0.39 is 0 Å². The molecule has 218 valence electrons. The predicted molar refractivity (Wildman–Crippen MR) is 178 cm³/mol. The van der Waals surface area contributed by atoms with Crippen molar-refractivity contribution in [2.45, 2.75) is 26.5 Å². The largest absolute Gasteiger partial charge is 0.481 e. The first-order valence-electron chi connectivity index (χ1n) is 14.7. The van der Waals surface area contributed by atoms with E-state index in [1.54, 1.807) is 18.4 Å². The predicted octanol–water partition coefficient (Wildman–Crippen LogP) is 8.49. The van der Waals surface area contributed by atoms with E-state index in [0.29, 0.717) is 25.6 Å². The molecule has 0 bridgehead atoms. The molecule has 0 unspecified atom stereocenters. The molecular formula is C37H32N4O2S. The second-order valence-electron chi connectivity index (χ2n) is 10.8. The van der Waals surface area contributed by atoms with Crippen LogP contribution in [-0.4, -0.2) is 34.0 Å². The average Bonchev–Trinajstić information content (AvgIpc) is 3.81. The number of hydrogen-bond acceptors (Lipinski definition) is 6. The molecule has 3 aromatic heterocycles. The number of rotatable bonds is 10. The van der Waals surface area contributed by atoms with Gasteiger partial charge in [0.25, 0.3) is 0 Å². The van der Waals surface area contributed by atoms with Gasteiger partial charge >= 0.3 is 0 Å². The number of nitrogens with zero attached hydrogens (tertiary/aromatic N) is 4. The highest BCUT2D eigenvalue weighted by molar-refractivity contribution is 7.13. The zero-order valence-corrected chi connectivity index (χ0v) is 25.6. The smallest absolute Gasteiger partial charge is 0.212 e. The zero-order valence-electron chi connectivity index (χ0n) is 24.7. The molecule has 0 spiro atoms. The van der Waals surface area contributed by atoms with Gasteiger partial charge in [-0.3, -0.25) is 4.99 Å². The lowest BCUT2D eigenvalue weighted by atomic mass is 10.0. The third kappa shape index (κ3) is 5.72. The van der Waals surface area contributed by atoms with Gasteiger partial charge in [0.05, 0.1) is 49.7 Å². The summed E-state index contributed by atoms with van der Waals surface area (Å²) in [5.41, 5.74) is 10.9. The Morgan fingerprint density at radius 3 is 2.41 bits per heavy atom. The van der Waals surface area contributed by atoms with Crippen molar-refractivity contribution < 1.29 is 9.47 Å². The summed E-state index contributed by atoms with van der Waals surface area (Å²) >= 11 is 1.67. The number of hydrogen-bond donors (Lipinski definition) is 0. The molecule has 0 amide bonds. The van der Waals surface area contributed by atoms with Crippen LogP contribution in [0.3, 0.4) is 0 Å². The molecule has 6 nitrogen and oxygen atoms in total. The van der Waals surface area contributed by atoms with E-state index in [2.05, 4.69) is 88.6 Å². The van der Waals surface area contributed by atoms with Gasteiger partial charge in [-0.15, -0.1) is 11.3 Å². The summed E-state index contributed by atoms with van der Waals surface area (Å²) in [6, 6.07) is 31.3. The number of benzene rings is 3. The van der Waals surface area contributed by atoms with Crippen LogP contribution in [0.4, 0.5) is 0 Å². The number of allylic oxidation sites excluding steroid dienone is 1. The minimum atomic E-state index is 0.415. The number of ether oxygens (including phenoxy) is 2. The van der Waals surface area contributed by atoms with Gasteiger partial charge in [-0.05, 0) is 30.7 Å². The molecule has 7 heteroatoms. The number of thiazole rings is 1. The molecule has 4 heterocycles. The summed E-state index contributed by atoms with van der Waals surface area (Å²) in [6.45, 7) is 3.61. The summed E-state index contributed by atoms with van der Waals surface area (Å²) in [5, 5.41) is 4.34. The molecular weight excluding hydrogens is 565 g/mol. The Hall–Kier alpha value is -4.85. The van der Waals surface area contributed by atoms with E-state index in [1.165, 1.54) is 10.9 Å². The van der Waals surface area contributed by atoms with Gasteiger partial charge in [0, 0.05) is 51.7 Å². The number of methoxy groups -OCH3 is 1. The maximum atomic E-state index is 6.45. The van der Waals surface area contributed by atoms with Crippen LogP contribution in [0.15, 0.2) is 119 Å². The first-order chi connectivity index (χ1) is 21.7. The second-order valence-corrected chi connectivity index (χ2v) is 11.7. The Kier molecular flexibility index (Phi) is 7.88. The van der Waals surface area contributed by atoms with Crippen molar-refractivity contribution in [3.05, 3.63) is 137 Å². The van der Waals surface area contributed by atoms with E-state index >= 15 is 0 Å². The molecule has 3 aromatic carbocycles. The third-order valence-electron chi connectivity index (χ3n) is 7.86. The summed E-state index contributed by atoms with van der Waals surface area (Å²) in [7, 11) is 1.64. The highest BCUT2D eigenvalue weighted by atomic mass is 32.1. The quantitative estimate of drug-likeness (QED) is 0.159. The molecule has 0 aliphatic carbocycles. The van der Waals surface area contributed by atoms with Gasteiger partial charge in [0.15, 0.2) is 0 Å². The highest BCUT2D eigenvalue weighted by Gasteiger charge is 2.21. The van der Waals surface area contributed by atoms with Gasteiger partial charge in [0.2, 0.25) is 5.88 Å². The zero-order chi connectivity index (χ0) is 29.9. The van der Waals surface area contributed by atoms with Crippen LogP contribution in [0.25, 0.3) is 32.6 Å². The van der Waals surface area contributed by atoms with Gasteiger partial charge in [-0.1, -0.05) is 78.4 Å². The molecule has 0 atom stereocenters. The van der Waals surface area contributed by atoms with E-state index in [9.17, 15) is 0 Å². The number of aromatic nitrogens is 3. The fourth-order valence-corrected chi connectivity index (χ4v) is 6.53. The van der Waals surface area contributed by atoms with Crippen molar-refractivity contribution in [3.8, 4) is 27.6 Å². The monoisotopic (exact) mass is 596 g/mol. The van der Waals surface area contributed by atoms with Crippen molar-refractivity contribution in [1.82, 2.24) is 14.5 Å².